The summed E-state index contributed by atoms with van der Waals surface area (Å²) in [6, 6.07) is 5.80. The average molecular weight is 255 g/mol. The highest BCUT2D eigenvalue weighted by molar-refractivity contribution is 5.81. The molecule has 0 radical (unpaired) electrons. The molecule has 0 heterocycles. The minimum absolute atomic E-state index is 0.206. The molecular formula is C12H14FNO4. The lowest BCUT2D eigenvalue weighted by molar-refractivity contribution is -0.156. The van der Waals surface area contributed by atoms with Gasteiger partial charge in [0.25, 0.3) is 0 Å². The fraction of sp³-hybridized carbons (Fsp3) is 0.333. The number of amides is 1. The highest BCUT2D eigenvalue weighted by Gasteiger charge is 2.30. The maximum absolute atomic E-state index is 13.2. The Bertz CT molecular complexity index is 459. The van der Waals surface area contributed by atoms with Crippen LogP contribution < -0.4 is 5.32 Å². The quantitative estimate of drug-likeness (QED) is 0.707. The van der Waals surface area contributed by atoms with Crippen molar-refractivity contribution in [2.45, 2.75) is 18.9 Å². The lowest BCUT2D eigenvalue weighted by Crippen LogP contribution is -2.46. The summed E-state index contributed by atoms with van der Waals surface area (Å²) in [4.78, 5) is 22.0. The zero-order chi connectivity index (χ0) is 13.8. The predicted molar refractivity (Wildman–Crippen MR) is 61.4 cm³/mol. The number of benzene rings is 1. The van der Waals surface area contributed by atoms with Crippen molar-refractivity contribution in [1.29, 1.82) is 0 Å². The normalized spacial score (nSPS) is 13.7. The van der Waals surface area contributed by atoms with Gasteiger partial charge in [-0.05, 0) is 18.6 Å². The Kier molecular flexibility index (Phi) is 4.38. The molecular weight excluding hydrogens is 241 g/mol. The van der Waals surface area contributed by atoms with Crippen LogP contribution in [0.4, 0.5) is 4.39 Å². The van der Waals surface area contributed by atoms with Crippen LogP contribution >= 0.6 is 0 Å². The van der Waals surface area contributed by atoms with Crippen LogP contribution in [0, 0.1) is 5.82 Å². The van der Waals surface area contributed by atoms with Crippen LogP contribution in [0.3, 0.4) is 0 Å². The van der Waals surface area contributed by atoms with Gasteiger partial charge in [-0.15, -0.1) is 0 Å². The van der Waals surface area contributed by atoms with Crippen LogP contribution in [-0.4, -0.2) is 34.2 Å². The second-order valence-electron chi connectivity index (χ2n) is 4.12. The number of carboxylic acid groups (broad SMARTS) is 1. The first kappa shape index (κ1) is 14.1. The molecule has 0 spiro atoms. The molecule has 0 aliphatic carbocycles. The minimum Gasteiger partial charge on any atom is -0.479 e. The predicted octanol–water partition coefficient (Wildman–Crippen LogP) is 0.320. The van der Waals surface area contributed by atoms with Crippen molar-refractivity contribution in [3.8, 4) is 0 Å². The summed E-state index contributed by atoms with van der Waals surface area (Å²) >= 11 is 0. The molecule has 0 fully saturated rings. The molecule has 0 bridgehead atoms. The number of hydrogen-bond donors (Lipinski definition) is 3. The summed E-state index contributed by atoms with van der Waals surface area (Å²) in [5.74, 6) is -2.49. The topological polar surface area (TPSA) is 86.6 Å². The van der Waals surface area contributed by atoms with Crippen molar-refractivity contribution < 1.29 is 24.2 Å². The molecule has 0 saturated heterocycles. The van der Waals surface area contributed by atoms with Gasteiger partial charge in [-0.3, -0.25) is 4.79 Å². The maximum atomic E-state index is 13.2. The zero-order valence-electron chi connectivity index (χ0n) is 9.81. The highest BCUT2D eigenvalue weighted by Crippen LogP contribution is 2.07. The first-order valence-electron chi connectivity index (χ1n) is 5.29. The molecule has 98 valence electrons. The van der Waals surface area contributed by atoms with Crippen molar-refractivity contribution in [2.75, 3.05) is 6.54 Å². The van der Waals surface area contributed by atoms with E-state index in [4.69, 9.17) is 5.11 Å². The van der Waals surface area contributed by atoms with E-state index in [2.05, 4.69) is 5.32 Å². The van der Waals surface area contributed by atoms with Gasteiger partial charge in [-0.1, -0.05) is 18.2 Å². The summed E-state index contributed by atoms with van der Waals surface area (Å²) < 4.78 is 13.2. The molecule has 1 aromatic carbocycles. The fourth-order valence-corrected chi connectivity index (χ4v) is 1.22. The molecule has 6 heteroatoms. The van der Waals surface area contributed by atoms with E-state index in [1.54, 1.807) is 6.07 Å². The Hall–Kier alpha value is -1.95. The van der Waals surface area contributed by atoms with Crippen molar-refractivity contribution in [1.82, 2.24) is 5.32 Å². The fourth-order valence-electron chi connectivity index (χ4n) is 1.22. The Morgan fingerprint density at radius 3 is 2.56 bits per heavy atom. The molecule has 1 unspecified atom stereocenters. The molecule has 0 aliphatic rings. The van der Waals surface area contributed by atoms with Gasteiger partial charge in [0.05, 0.1) is 13.0 Å². The third kappa shape index (κ3) is 3.81. The highest BCUT2D eigenvalue weighted by atomic mass is 19.1. The molecule has 1 amide bonds. The number of carboxylic acids is 1. The average Bonchev–Trinajstić information content (AvgIpc) is 2.29. The Morgan fingerprint density at radius 2 is 2.00 bits per heavy atom. The first-order valence-corrected chi connectivity index (χ1v) is 5.29. The van der Waals surface area contributed by atoms with E-state index in [0.717, 1.165) is 6.92 Å². The molecule has 0 aliphatic heterocycles. The van der Waals surface area contributed by atoms with E-state index in [9.17, 15) is 19.1 Å². The molecule has 18 heavy (non-hydrogen) atoms. The third-order valence-electron chi connectivity index (χ3n) is 2.40. The van der Waals surface area contributed by atoms with E-state index >= 15 is 0 Å². The van der Waals surface area contributed by atoms with Crippen molar-refractivity contribution in [3.63, 3.8) is 0 Å². The maximum Gasteiger partial charge on any atom is 0.337 e. The monoisotopic (exact) mass is 255 g/mol. The largest absolute Gasteiger partial charge is 0.479 e. The molecule has 5 nitrogen and oxygen atoms in total. The number of aliphatic carboxylic acids is 1. The smallest absolute Gasteiger partial charge is 0.337 e. The number of rotatable bonds is 5. The number of carbonyl (C=O) groups is 2. The van der Waals surface area contributed by atoms with Gasteiger partial charge in [-0.2, -0.15) is 0 Å². The summed E-state index contributed by atoms with van der Waals surface area (Å²) in [5.41, 5.74) is -1.82. The van der Waals surface area contributed by atoms with Gasteiger partial charge in [-0.25, -0.2) is 9.18 Å². The molecule has 3 N–H and O–H groups in total. The van der Waals surface area contributed by atoms with E-state index < -0.39 is 29.8 Å². The second-order valence-corrected chi connectivity index (χ2v) is 4.12. The molecule has 1 atom stereocenters. The number of nitrogens with one attached hydrogen (secondary N) is 1. The lowest BCUT2D eigenvalue weighted by atomic mass is 10.1. The Morgan fingerprint density at radius 1 is 1.39 bits per heavy atom. The van der Waals surface area contributed by atoms with Crippen molar-refractivity contribution >= 4 is 11.9 Å². The lowest BCUT2D eigenvalue weighted by Gasteiger charge is -2.18. The number of halogens is 1. The van der Waals surface area contributed by atoms with Gasteiger partial charge in [0, 0.05) is 0 Å². The van der Waals surface area contributed by atoms with Crippen LogP contribution in [0.1, 0.15) is 12.5 Å². The minimum atomic E-state index is -2.04. The van der Waals surface area contributed by atoms with E-state index in [1.807, 2.05) is 0 Å². The molecule has 0 saturated carbocycles. The van der Waals surface area contributed by atoms with Crippen LogP contribution in [0.15, 0.2) is 24.3 Å². The second kappa shape index (κ2) is 5.59. The van der Waals surface area contributed by atoms with Crippen molar-refractivity contribution in [3.05, 3.63) is 35.6 Å². The van der Waals surface area contributed by atoms with Crippen molar-refractivity contribution in [2.24, 2.45) is 0 Å². The molecule has 0 aromatic heterocycles. The van der Waals surface area contributed by atoms with E-state index in [1.165, 1.54) is 18.2 Å². The van der Waals surface area contributed by atoms with Crippen LogP contribution in [-0.2, 0) is 16.0 Å². The SMILES string of the molecule is CC(O)(CNC(=O)Cc1ccccc1F)C(=O)O. The summed E-state index contributed by atoms with van der Waals surface area (Å²) in [6.45, 7) is 0.633. The zero-order valence-corrected chi connectivity index (χ0v) is 9.81. The van der Waals surface area contributed by atoms with Gasteiger partial charge in [0.1, 0.15) is 5.82 Å². The van der Waals surface area contributed by atoms with Crippen LogP contribution in [0.2, 0.25) is 0 Å². The first-order chi connectivity index (χ1) is 8.33. The third-order valence-corrected chi connectivity index (χ3v) is 2.40. The van der Waals surface area contributed by atoms with E-state index in [0.29, 0.717) is 0 Å². The van der Waals surface area contributed by atoms with Crippen LogP contribution in [0.5, 0.6) is 0 Å². The Balaban J connectivity index is 2.54. The van der Waals surface area contributed by atoms with Crippen LogP contribution in [0.25, 0.3) is 0 Å². The molecule has 1 aromatic rings. The summed E-state index contributed by atoms with van der Waals surface area (Å²) in [6.07, 6.45) is -0.206. The molecule has 1 rings (SSSR count). The Labute approximate surface area is 103 Å². The number of hydrogen-bond acceptors (Lipinski definition) is 3. The number of aliphatic hydroxyl groups is 1. The van der Waals surface area contributed by atoms with E-state index in [-0.39, 0.29) is 12.0 Å². The summed E-state index contributed by atoms with van der Waals surface area (Å²) in [7, 11) is 0. The van der Waals surface area contributed by atoms with Gasteiger partial charge in [0.15, 0.2) is 5.60 Å². The number of carbonyl (C=O) groups excluding carboxylic acids is 1. The van der Waals surface area contributed by atoms with Gasteiger partial charge in [0.2, 0.25) is 5.91 Å². The van der Waals surface area contributed by atoms with Gasteiger partial charge < -0.3 is 15.5 Å². The van der Waals surface area contributed by atoms with Gasteiger partial charge >= 0.3 is 5.97 Å². The summed E-state index contributed by atoms with van der Waals surface area (Å²) in [5, 5.41) is 20.2. The standard InChI is InChI=1S/C12H14FNO4/c1-12(18,11(16)17)7-14-10(15)6-8-4-2-3-5-9(8)13/h2-5,18H,6-7H2,1H3,(H,14,15)(H,16,17).